The Morgan fingerprint density at radius 3 is 2.00 bits per heavy atom. The second kappa shape index (κ2) is 3.18. The number of phenolic OH excluding ortho intramolecular Hbond substituents is 1. The SMILES string of the molecule is CC(C)(C)[C]c1ccc(O)cc1. The van der Waals surface area contributed by atoms with Crippen molar-refractivity contribution in [3.05, 3.63) is 36.2 Å². The normalized spacial score (nSPS) is 11.6. The van der Waals surface area contributed by atoms with Crippen LogP contribution in [0.3, 0.4) is 0 Å². The molecule has 1 nitrogen and oxygen atoms in total. The average molecular weight is 162 g/mol. The molecule has 1 N–H and O–H groups in total. The first-order chi connectivity index (χ1) is 5.47. The van der Waals surface area contributed by atoms with Gasteiger partial charge in [-0.25, -0.2) is 0 Å². The molecule has 1 aromatic rings. The highest BCUT2D eigenvalue weighted by atomic mass is 16.3. The summed E-state index contributed by atoms with van der Waals surface area (Å²) < 4.78 is 0. The zero-order valence-electron chi connectivity index (χ0n) is 7.76. The van der Waals surface area contributed by atoms with E-state index in [1.165, 1.54) is 0 Å². The van der Waals surface area contributed by atoms with Gasteiger partial charge in [-0.3, -0.25) is 0 Å². The van der Waals surface area contributed by atoms with Crippen LogP contribution in [0, 0.1) is 11.8 Å². The Hall–Kier alpha value is -0.980. The van der Waals surface area contributed by atoms with E-state index in [-0.39, 0.29) is 5.41 Å². The van der Waals surface area contributed by atoms with Crippen LogP contribution in [0.15, 0.2) is 24.3 Å². The molecule has 64 valence electrons. The van der Waals surface area contributed by atoms with E-state index in [1.807, 2.05) is 12.1 Å². The second-order valence-electron chi connectivity index (χ2n) is 3.92. The molecular formula is C11H14O. The molecule has 0 atom stereocenters. The van der Waals surface area contributed by atoms with Crippen LogP contribution in [0.5, 0.6) is 5.75 Å². The fourth-order valence-electron chi connectivity index (χ4n) is 0.978. The highest BCUT2D eigenvalue weighted by Crippen LogP contribution is 2.23. The van der Waals surface area contributed by atoms with Crippen LogP contribution in [-0.4, -0.2) is 5.11 Å². The van der Waals surface area contributed by atoms with Gasteiger partial charge in [0.15, 0.2) is 0 Å². The fraction of sp³-hybridized carbons (Fsp3) is 0.364. The second-order valence-corrected chi connectivity index (χ2v) is 3.92. The van der Waals surface area contributed by atoms with Crippen LogP contribution in [-0.2, 0) is 0 Å². The van der Waals surface area contributed by atoms with E-state index >= 15 is 0 Å². The first kappa shape index (κ1) is 9.11. The number of phenols is 1. The van der Waals surface area contributed by atoms with Gasteiger partial charge in [-0.1, -0.05) is 32.9 Å². The number of hydrogen-bond acceptors (Lipinski definition) is 1. The lowest BCUT2D eigenvalue weighted by Crippen LogP contribution is -2.05. The van der Waals surface area contributed by atoms with Crippen molar-refractivity contribution in [3.63, 3.8) is 0 Å². The van der Waals surface area contributed by atoms with Crippen LogP contribution in [0.2, 0.25) is 0 Å². The minimum atomic E-state index is 0.0664. The van der Waals surface area contributed by atoms with Gasteiger partial charge >= 0.3 is 0 Å². The van der Waals surface area contributed by atoms with Crippen molar-refractivity contribution in [3.8, 4) is 5.75 Å². The Kier molecular flexibility index (Phi) is 2.41. The van der Waals surface area contributed by atoms with Crippen LogP contribution in [0.4, 0.5) is 0 Å². The van der Waals surface area contributed by atoms with Gasteiger partial charge in [0.05, 0.1) is 0 Å². The van der Waals surface area contributed by atoms with Crippen molar-refractivity contribution < 1.29 is 5.11 Å². The van der Waals surface area contributed by atoms with Crippen molar-refractivity contribution >= 4 is 0 Å². The predicted octanol–water partition coefficient (Wildman–Crippen LogP) is 2.87. The van der Waals surface area contributed by atoms with Crippen molar-refractivity contribution in [1.29, 1.82) is 0 Å². The molecule has 0 aliphatic rings. The van der Waals surface area contributed by atoms with E-state index < -0.39 is 0 Å². The number of benzene rings is 1. The molecule has 0 unspecified atom stereocenters. The lowest BCUT2D eigenvalue weighted by molar-refractivity contribution is 0.474. The van der Waals surface area contributed by atoms with Crippen molar-refractivity contribution in [2.24, 2.45) is 5.41 Å². The lowest BCUT2D eigenvalue weighted by Gasteiger charge is -2.16. The summed E-state index contributed by atoms with van der Waals surface area (Å²) in [6.45, 7) is 6.29. The molecular weight excluding hydrogens is 148 g/mol. The minimum Gasteiger partial charge on any atom is -0.508 e. The maximum atomic E-state index is 9.03. The highest BCUT2D eigenvalue weighted by Gasteiger charge is 2.11. The smallest absolute Gasteiger partial charge is 0.115 e. The van der Waals surface area contributed by atoms with Gasteiger partial charge in [0, 0.05) is 6.42 Å². The summed E-state index contributed by atoms with van der Waals surface area (Å²) in [5.74, 6) is 0.300. The first-order valence-corrected chi connectivity index (χ1v) is 4.04. The van der Waals surface area contributed by atoms with Gasteiger partial charge in [-0.15, -0.1) is 0 Å². The predicted molar refractivity (Wildman–Crippen MR) is 49.9 cm³/mol. The van der Waals surface area contributed by atoms with Crippen LogP contribution in [0.1, 0.15) is 26.3 Å². The summed E-state index contributed by atoms with van der Waals surface area (Å²) in [6.07, 6.45) is 3.30. The Morgan fingerprint density at radius 2 is 1.58 bits per heavy atom. The van der Waals surface area contributed by atoms with E-state index in [0.717, 1.165) is 5.56 Å². The summed E-state index contributed by atoms with van der Waals surface area (Å²) in [5, 5.41) is 9.03. The van der Waals surface area contributed by atoms with Gasteiger partial charge < -0.3 is 5.11 Å². The summed E-state index contributed by atoms with van der Waals surface area (Å²) in [6, 6.07) is 7.07. The molecule has 0 saturated heterocycles. The zero-order chi connectivity index (χ0) is 9.19. The molecule has 12 heavy (non-hydrogen) atoms. The van der Waals surface area contributed by atoms with Crippen LogP contribution >= 0.6 is 0 Å². The maximum absolute atomic E-state index is 9.03. The fourth-order valence-corrected chi connectivity index (χ4v) is 0.978. The third kappa shape index (κ3) is 2.95. The van der Waals surface area contributed by atoms with Gasteiger partial charge in [-0.2, -0.15) is 0 Å². The van der Waals surface area contributed by atoms with Crippen LogP contribution < -0.4 is 0 Å². The third-order valence-corrected chi connectivity index (χ3v) is 1.39. The van der Waals surface area contributed by atoms with E-state index in [1.54, 1.807) is 12.1 Å². The monoisotopic (exact) mass is 162 g/mol. The molecule has 0 saturated carbocycles. The molecule has 1 rings (SSSR count). The Labute approximate surface area is 74.1 Å². The van der Waals surface area contributed by atoms with Gasteiger partial charge in [0.2, 0.25) is 0 Å². The van der Waals surface area contributed by atoms with Crippen molar-refractivity contribution in [1.82, 2.24) is 0 Å². The van der Waals surface area contributed by atoms with Crippen molar-refractivity contribution in [2.75, 3.05) is 0 Å². The summed E-state index contributed by atoms with van der Waals surface area (Å²) in [5.41, 5.74) is 1.09. The van der Waals surface area contributed by atoms with E-state index in [2.05, 4.69) is 27.2 Å². The molecule has 2 radical (unpaired) electrons. The Morgan fingerprint density at radius 1 is 1.08 bits per heavy atom. The summed E-state index contributed by atoms with van der Waals surface area (Å²) in [7, 11) is 0. The molecule has 0 amide bonds. The summed E-state index contributed by atoms with van der Waals surface area (Å²) >= 11 is 0. The van der Waals surface area contributed by atoms with Crippen LogP contribution in [0.25, 0.3) is 0 Å². The lowest BCUT2D eigenvalue weighted by atomic mass is 9.88. The molecule has 0 heterocycles. The van der Waals surface area contributed by atoms with Gasteiger partial charge in [-0.05, 0) is 23.1 Å². The largest absolute Gasteiger partial charge is 0.508 e. The number of hydrogen-bond donors (Lipinski definition) is 1. The Bertz CT molecular complexity index is 241. The molecule has 0 spiro atoms. The molecule has 0 fully saturated rings. The third-order valence-electron chi connectivity index (χ3n) is 1.39. The molecule has 0 aliphatic carbocycles. The van der Waals surface area contributed by atoms with Gasteiger partial charge in [0.1, 0.15) is 5.75 Å². The molecule has 0 aliphatic heterocycles. The zero-order valence-corrected chi connectivity index (χ0v) is 7.76. The summed E-state index contributed by atoms with van der Waals surface area (Å²) in [4.78, 5) is 0. The Balaban J connectivity index is 2.71. The first-order valence-electron chi connectivity index (χ1n) is 4.04. The average Bonchev–Trinajstić information content (AvgIpc) is 1.91. The molecule has 0 bridgehead atoms. The minimum absolute atomic E-state index is 0.0664. The van der Waals surface area contributed by atoms with Gasteiger partial charge in [0.25, 0.3) is 0 Å². The van der Waals surface area contributed by atoms with E-state index in [4.69, 9.17) is 5.11 Å². The topological polar surface area (TPSA) is 20.2 Å². The molecule has 1 heteroatoms. The van der Waals surface area contributed by atoms with E-state index in [9.17, 15) is 0 Å². The molecule has 1 aromatic carbocycles. The quantitative estimate of drug-likeness (QED) is 0.673. The van der Waals surface area contributed by atoms with E-state index in [0.29, 0.717) is 5.75 Å². The highest BCUT2D eigenvalue weighted by molar-refractivity contribution is 5.31. The molecule has 0 aromatic heterocycles. The standard InChI is InChI=1S/C11H14O/c1-11(2,3)8-9-4-6-10(12)7-5-9/h4-7,12H,1-3H3. The maximum Gasteiger partial charge on any atom is 0.115 e. The number of rotatable bonds is 1. The number of aromatic hydroxyl groups is 1. The van der Waals surface area contributed by atoms with Crippen molar-refractivity contribution in [2.45, 2.75) is 20.8 Å².